The van der Waals surface area contributed by atoms with Gasteiger partial charge in [-0.15, -0.1) is 0 Å². The standard InChI is InChI=1S/C26H29N3O4/c1-33-20-12-10-19(11-13-20)16-27-26(32)25(31)22-17-29(23-9-5-4-8-21(22)23)18-24(30)28-14-6-2-3-7-15-28/h4-5,8-13,17H,2-3,6-7,14-16,18H2,1H3,(H,27,32). The number of ether oxygens (including phenoxy) is 1. The van der Waals surface area contributed by atoms with E-state index < -0.39 is 11.7 Å². The highest BCUT2D eigenvalue weighted by Crippen LogP contribution is 2.23. The number of nitrogens with one attached hydrogen (secondary N) is 1. The summed E-state index contributed by atoms with van der Waals surface area (Å²) in [6.45, 7) is 1.94. The van der Waals surface area contributed by atoms with Gasteiger partial charge in [-0.05, 0) is 36.6 Å². The van der Waals surface area contributed by atoms with Gasteiger partial charge >= 0.3 is 0 Å². The van der Waals surface area contributed by atoms with E-state index in [0.29, 0.717) is 10.9 Å². The lowest BCUT2D eigenvalue weighted by atomic mass is 10.1. The fourth-order valence-corrected chi connectivity index (χ4v) is 4.25. The number of benzene rings is 2. The van der Waals surface area contributed by atoms with E-state index in [-0.39, 0.29) is 19.0 Å². The molecule has 0 spiro atoms. The molecule has 0 saturated carbocycles. The number of likely N-dealkylation sites (tertiary alicyclic amines) is 1. The average molecular weight is 448 g/mol. The van der Waals surface area contributed by atoms with Gasteiger partial charge in [0.2, 0.25) is 5.91 Å². The van der Waals surface area contributed by atoms with Crippen LogP contribution in [0.5, 0.6) is 5.75 Å². The van der Waals surface area contributed by atoms with Gasteiger partial charge in [-0.25, -0.2) is 0 Å². The summed E-state index contributed by atoms with van der Waals surface area (Å²) in [6.07, 6.45) is 5.99. The van der Waals surface area contributed by atoms with E-state index in [9.17, 15) is 14.4 Å². The molecule has 172 valence electrons. The Morgan fingerprint density at radius 1 is 0.939 bits per heavy atom. The van der Waals surface area contributed by atoms with Crippen LogP contribution in [0.4, 0.5) is 0 Å². The van der Waals surface area contributed by atoms with Crippen LogP contribution in [0.2, 0.25) is 0 Å². The second-order valence-corrected chi connectivity index (χ2v) is 8.34. The van der Waals surface area contributed by atoms with Crippen molar-refractivity contribution in [1.82, 2.24) is 14.8 Å². The predicted molar refractivity (Wildman–Crippen MR) is 126 cm³/mol. The summed E-state index contributed by atoms with van der Waals surface area (Å²) in [5.74, 6) is -0.516. The zero-order valence-electron chi connectivity index (χ0n) is 18.9. The molecule has 0 aliphatic carbocycles. The first-order valence-electron chi connectivity index (χ1n) is 11.4. The molecular formula is C26H29N3O4. The average Bonchev–Trinajstić information content (AvgIpc) is 3.01. The van der Waals surface area contributed by atoms with Crippen LogP contribution in [-0.4, -0.2) is 47.3 Å². The molecule has 1 saturated heterocycles. The molecule has 4 rings (SSSR count). The van der Waals surface area contributed by atoms with Crippen molar-refractivity contribution in [3.05, 3.63) is 65.9 Å². The lowest BCUT2D eigenvalue weighted by Crippen LogP contribution is -2.34. The summed E-state index contributed by atoms with van der Waals surface area (Å²) in [6, 6.07) is 14.7. The molecule has 2 amide bonds. The third kappa shape index (κ3) is 5.25. The molecule has 0 radical (unpaired) electrons. The first-order chi connectivity index (χ1) is 16.1. The Labute approximate surface area is 193 Å². The van der Waals surface area contributed by atoms with Gasteiger partial charge in [-0.2, -0.15) is 0 Å². The first-order valence-corrected chi connectivity index (χ1v) is 11.4. The quantitative estimate of drug-likeness (QED) is 0.444. The molecule has 1 N–H and O–H groups in total. The van der Waals surface area contributed by atoms with Gasteiger partial charge in [0, 0.05) is 36.7 Å². The fraction of sp³-hybridized carbons (Fsp3) is 0.346. The van der Waals surface area contributed by atoms with Crippen molar-refractivity contribution >= 4 is 28.5 Å². The lowest BCUT2D eigenvalue weighted by Gasteiger charge is -2.20. The highest BCUT2D eigenvalue weighted by Gasteiger charge is 2.23. The SMILES string of the molecule is COc1ccc(CNC(=O)C(=O)c2cn(CC(=O)N3CCCCCC3)c3ccccc23)cc1. The Bertz CT molecular complexity index is 1140. The Morgan fingerprint density at radius 3 is 2.33 bits per heavy atom. The van der Waals surface area contributed by atoms with Crippen molar-refractivity contribution in [3.8, 4) is 5.75 Å². The number of carbonyl (C=O) groups excluding carboxylic acids is 3. The zero-order chi connectivity index (χ0) is 23.2. The van der Waals surface area contributed by atoms with Gasteiger partial charge in [-0.3, -0.25) is 14.4 Å². The highest BCUT2D eigenvalue weighted by molar-refractivity contribution is 6.45. The van der Waals surface area contributed by atoms with Crippen LogP contribution in [0, 0.1) is 0 Å². The van der Waals surface area contributed by atoms with Gasteiger partial charge in [0.15, 0.2) is 0 Å². The van der Waals surface area contributed by atoms with Crippen molar-refractivity contribution in [2.24, 2.45) is 0 Å². The van der Waals surface area contributed by atoms with Crippen LogP contribution < -0.4 is 10.1 Å². The van der Waals surface area contributed by atoms with E-state index in [1.54, 1.807) is 30.0 Å². The molecule has 2 aromatic carbocycles. The van der Waals surface area contributed by atoms with Crippen molar-refractivity contribution in [3.63, 3.8) is 0 Å². The Kier molecular flexibility index (Phi) is 7.07. The number of ketones is 1. The van der Waals surface area contributed by atoms with Crippen LogP contribution in [0.3, 0.4) is 0 Å². The number of para-hydroxylation sites is 1. The number of amides is 2. The van der Waals surface area contributed by atoms with Gasteiger partial charge in [0.25, 0.3) is 11.7 Å². The fourth-order valence-electron chi connectivity index (χ4n) is 4.25. The molecule has 2 heterocycles. The molecule has 3 aromatic rings. The number of hydrogen-bond donors (Lipinski definition) is 1. The molecule has 1 fully saturated rings. The van der Waals surface area contributed by atoms with Crippen molar-refractivity contribution in [1.29, 1.82) is 0 Å². The number of Topliss-reactive ketones (excluding diaryl/α,β-unsaturated/α-hetero) is 1. The largest absolute Gasteiger partial charge is 0.497 e. The Morgan fingerprint density at radius 2 is 1.64 bits per heavy atom. The number of fused-ring (bicyclic) bond motifs is 1. The van der Waals surface area contributed by atoms with Crippen LogP contribution >= 0.6 is 0 Å². The number of aromatic nitrogens is 1. The molecule has 0 unspecified atom stereocenters. The number of carbonyl (C=O) groups is 3. The van der Waals surface area contributed by atoms with E-state index in [1.165, 1.54) is 0 Å². The monoisotopic (exact) mass is 447 g/mol. The minimum Gasteiger partial charge on any atom is -0.497 e. The molecule has 0 bridgehead atoms. The zero-order valence-corrected chi connectivity index (χ0v) is 18.9. The normalized spacial score (nSPS) is 14.0. The van der Waals surface area contributed by atoms with Crippen LogP contribution in [0.1, 0.15) is 41.6 Å². The van der Waals surface area contributed by atoms with E-state index in [4.69, 9.17) is 4.74 Å². The maximum absolute atomic E-state index is 13.0. The third-order valence-corrected chi connectivity index (χ3v) is 6.12. The smallest absolute Gasteiger partial charge is 0.292 e. The number of nitrogens with zero attached hydrogens (tertiary/aromatic N) is 2. The van der Waals surface area contributed by atoms with E-state index in [0.717, 1.165) is 55.6 Å². The molecule has 1 aliphatic heterocycles. The minimum atomic E-state index is -0.674. The van der Waals surface area contributed by atoms with Crippen LogP contribution in [0.25, 0.3) is 10.9 Å². The molecule has 1 aromatic heterocycles. The second kappa shape index (κ2) is 10.3. The maximum Gasteiger partial charge on any atom is 0.292 e. The predicted octanol–water partition coefficient (Wildman–Crippen LogP) is 3.55. The minimum absolute atomic E-state index is 0.0422. The molecule has 1 aliphatic rings. The summed E-state index contributed by atoms with van der Waals surface area (Å²) in [4.78, 5) is 40.4. The van der Waals surface area contributed by atoms with Crippen molar-refractivity contribution in [2.75, 3.05) is 20.2 Å². The summed E-state index contributed by atoms with van der Waals surface area (Å²) in [5, 5.41) is 3.37. The molecular weight excluding hydrogens is 418 g/mol. The summed E-state index contributed by atoms with van der Waals surface area (Å²) in [5.41, 5.74) is 1.94. The van der Waals surface area contributed by atoms with Crippen LogP contribution in [0.15, 0.2) is 54.7 Å². The number of hydrogen-bond acceptors (Lipinski definition) is 4. The highest BCUT2D eigenvalue weighted by atomic mass is 16.5. The van der Waals surface area contributed by atoms with Gasteiger partial charge in [0.05, 0.1) is 12.7 Å². The molecule has 33 heavy (non-hydrogen) atoms. The van der Waals surface area contributed by atoms with Crippen molar-refractivity contribution in [2.45, 2.75) is 38.8 Å². The number of rotatable bonds is 7. The Hall–Kier alpha value is -3.61. The number of methoxy groups -OCH3 is 1. The second-order valence-electron chi connectivity index (χ2n) is 8.34. The molecule has 7 nitrogen and oxygen atoms in total. The van der Waals surface area contributed by atoms with E-state index >= 15 is 0 Å². The summed E-state index contributed by atoms with van der Waals surface area (Å²) >= 11 is 0. The van der Waals surface area contributed by atoms with E-state index in [2.05, 4.69) is 5.32 Å². The van der Waals surface area contributed by atoms with Gasteiger partial charge in [-0.1, -0.05) is 43.2 Å². The Balaban J connectivity index is 1.49. The van der Waals surface area contributed by atoms with E-state index in [1.807, 2.05) is 41.3 Å². The summed E-state index contributed by atoms with van der Waals surface area (Å²) < 4.78 is 6.92. The van der Waals surface area contributed by atoms with Gasteiger partial charge in [0.1, 0.15) is 12.3 Å². The first kappa shape index (κ1) is 22.6. The topological polar surface area (TPSA) is 80.6 Å². The van der Waals surface area contributed by atoms with Gasteiger partial charge < -0.3 is 19.5 Å². The molecule has 7 heteroatoms. The molecule has 0 atom stereocenters. The summed E-state index contributed by atoms with van der Waals surface area (Å²) in [7, 11) is 1.59. The van der Waals surface area contributed by atoms with Crippen LogP contribution in [-0.2, 0) is 22.7 Å². The third-order valence-electron chi connectivity index (χ3n) is 6.12. The lowest BCUT2D eigenvalue weighted by molar-refractivity contribution is -0.131. The van der Waals surface area contributed by atoms with Crippen molar-refractivity contribution < 1.29 is 19.1 Å². The maximum atomic E-state index is 13.0.